The molecule has 1 nitrogen and oxygen atoms in total. The first kappa shape index (κ1) is 13.2. The molecular weight excluding hydrogens is 201 g/mol. The molecule has 1 rings (SSSR count). The van der Waals surface area contributed by atoms with Crippen molar-refractivity contribution in [2.45, 2.75) is 32.9 Å². The lowest BCUT2D eigenvalue weighted by atomic mass is 9.88. The third-order valence-electron chi connectivity index (χ3n) is 3.14. The van der Waals surface area contributed by atoms with E-state index in [0.717, 1.165) is 6.42 Å². The second-order valence-electron chi connectivity index (χ2n) is 4.68. The van der Waals surface area contributed by atoms with Crippen LogP contribution in [0.25, 0.3) is 0 Å². The van der Waals surface area contributed by atoms with Gasteiger partial charge in [0.25, 0.3) is 0 Å². The normalized spacial score (nSPS) is 15.1. The van der Waals surface area contributed by atoms with Gasteiger partial charge in [-0.25, -0.2) is 4.39 Å². The first-order chi connectivity index (χ1) is 7.65. The van der Waals surface area contributed by atoms with Crippen LogP contribution in [0.2, 0.25) is 0 Å². The summed E-state index contributed by atoms with van der Waals surface area (Å²) >= 11 is 0. The molecule has 16 heavy (non-hydrogen) atoms. The molecule has 0 bridgehead atoms. The monoisotopic (exact) mass is 223 g/mol. The molecule has 1 aromatic carbocycles. The van der Waals surface area contributed by atoms with Gasteiger partial charge in [-0.1, -0.05) is 44.2 Å². The first-order valence-electron chi connectivity index (χ1n) is 6.03. The Morgan fingerprint density at radius 1 is 1.19 bits per heavy atom. The summed E-state index contributed by atoms with van der Waals surface area (Å²) in [6.45, 7) is 4.51. The van der Waals surface area contributed by atoms with Crippen molar-refractivity contribution >= 4 is 0 Å². The van der Waals surface area contributed by atoms with E-state index in [9.17, 15) is 4.39 Å². The zero-order chi connectivity index (χ0) is 12.0. The lowest BCUT2D eigenvalue weighted by Gasteiger charge is -2.23. The highest BCUT2D eigenvalue weighted by Gasteiger charge is 2.22. The summed E-state index contributed by atoms with van der Waals surface area (Å²) in [7, 11) is 0. The van der Waals surface area contributed by atoms with E-state index in [1.54, 1.807) is 0 Å². The van der Waals surface area contributed by atoms with Gasteiger partial charge in [0, 0.05) is 5.92 Å². The van der Waals surface area contributed by atoms with E-state index < -0.39 is 6.17 Å². The molecule has 2 atom stereocenters. The van der Waals surface area contributed by atoms with Crippen LogP contribution in [0, 0.1) is 11.8 Å². The Kier molecular flexibility index (Phi) is 5.47. The van der Waals surface area contributed by atoms with E-state index in [4.69, 9.17) is 5.73 Å². The molecule has 0 fully saturated rings. The van der Waals surface area contributed by atoms with Gasteiger partial charge in [0.2, 0.25) is 0 Å². The van der Waals surface area contributed by atoms with E-state index in [0.29, 0.717) is 18.9 Å². The highest BCUT2D eigenvalue weighted by molar-refractivity contribution is 5.14. The molecule has 0 saturated carbocycles. The van der Waals surface area contributed by atoms with Gasteiger partial charge in [-0.15, -0.1) is 0 Å². The van der Waals surface area contributed by atoms with Gasteiger partial charge in [0.1, 0.15) is 6.17 Å². The van der Waals surface area contributed by atoms with Gasteiger partial charge in [-0.05, 0) is 30.9 Å². The number of benzene rings is 1. The topological polar surface area (TPSA) is 26.0 Å². The largest absolute Gasteiger partial charge is 0.330 e. The number of nitrogens with two attached hydrogens (primary N) is 1. The Bertz CT molecular complexity index is 284. The Balaban J connectivity index is 2.43. The van der Waals surface area contributed by atoms with Crippen molar-refractivity contribution in [2.75, 3.05) is 6.54 Å². The van der Waals surface area contributed by atoms with Crippen LogP contribution in [-0.4, -0.2) is 12.7 Å². The van der Waals surface area contributed by atoms with Crippen LogP contribution in [0.4, 0.5) is 4.39 Å². The van der Waals surface area contributed by atoms with E-state index >= 15 is 0 Å². The smallest absolute Gasteiger partial charge is 0.105 e. The van der Waals surface area contributed by atoms with Crippen molar-refractivity contribution in [2.24, 2.45) is 17.6 Å². The summed E-state index contributed by atoms with van der Waals surface area (Å²) in [6, 6.07) is 10.0. The average molecular weight is 223 g/mol. The molecule has 0 aliphatic rings. The summed E-state index contributed by atoms with van der Waals surface area (Å²) in [6.07, 6.45) is 0.583. The molecule has 0 aliphatic carbocycles. The maximum absolute atomic E-state index is 13.9. The quantitative estimate of drug-likeness (QED) is 0.787. The fourth-order valence-corrected chi connectivity index (χ4v) is 2.00. The van der Waals surface area contributed by atoms with Gasteiger partial charge in [-0.3, -0.25) is 0 Å². The highest BCUT2D eigenvalue weighted by atomic mass is 19.1. The third kappa shape index (κ3) is 3.93. The summed E-state index contributed by atoms with van der Waals surface area (Å²) in [5.74, 6) is 0.305. The van der Waals surface area contributed by atoms with Gasteiger partial charge < -0.3 is 5.73 Å². The summed E-state index contributed by atoms with van der Waals surface area (Å²) in [5.41, 5.74) is 6.80. The second-order valence-corrected chi connectivity index (χ2v) is 4.68. The summed E-state index contributed by atoms with van der Waals surface area (Å²) in [4.78, 5) is 0. The van der Waals surface area contributed by atoms with Crippen LogP contribution in [0.3, 0.4) is 0 Å². The van der Waals surface area contributed by atoms with Crippen molar-refractivity contribution in [3.05, 3.63) is 35.9 Å². The Labute approximate surface area is 97.9 Å². The van der Waals surface area contributed by atoms with Crippen LogP contribution in [-0.2, 0) is 6.42 Å². The van der Waals surface area contributed by atoms with Crippen molar-refractivity contribution in [3.63, 3.8) is 0 Å². The van der Waals surface area contributed by atoms with Crippen molar-refractivity contribution in [1.82, 2.24) is 0 Å². The standard InChI is InChI=1S/C14H22FN/c1-11(2)13(10-16)14(15)9-8-12-6-4-3-5-7-12/h3-7,11,13-14H,8-10,16H2,1-2H3. The molecule has 0 saturated heterocycles. The minimum absolute atomic E-state index is 0.0105. The Hall–Kier alpha value is -0.890. The SMILES string of the molecule is CC(C)C(CN)C(F)CCc1ccccc1. The molecule has 0 spiro atoms. The highest BCUT2D eigenvalue weighted by Crippen LogP contribution is 2.21. The van der Waals surface area contributed by atoms with Gasteiger partial charge in [0.05, 0.1) is 0 Å². The zero-order valence-corrected chi connectivity index (χ0v) is 10.2. The van der Waals surface area contributed by atoms with E-state index in [1.807, 2.05) is 44.2 Å². The summed E-state index contributed by atoms with van der Waals surface area (Å²) in [5, 5.41) is 0. The molecule has 2 N–H and O–H groups in total. The summed E-state index contributed by atoms with van der Waals surface area (Å²) < 4.78 is 13.9. The van der Waals surface area contributed by atoms with E-state index in [-0.39, 0.29) is 5.92 Å². The van der Waals surface area contributed by atoms with Crippen molar-refractivity contribution in [1.29, 1.82) is 0 Å². The van der Waals surface area contributed by atoms with Crippen molar-refractivity contribution < 1.29 is 4.39 Å². The molecule has 0 heterocycles. The Morgan fingerprint density at radius 2 is 1.81 bits per heavy atom. The number of rotatable bonds is 6. The minimum Gasteiger partial charge on any atom is -0.330 e. The number of hydrogen-bond donors (Lipinski definition) is 1. The molecule has 2 heteroatoms. The average Bonchev–Trinajstić information content (AvgIpc) is 2.28. The van der Waals surface area contributed by atoms with Crippen molar-refractivity contribution in [3.8, 4) is 0 Å². The lowest BCUT2D eigenvalue weighted by Crippen LogP contribution is -2.29. The predicted octanol–water partition coefficient (Wildman–Crippen LogP) is 3.19. The second kappa shape index (κ2) is 6.64. The first-order valence-corrected chi connectivity index (χ1v) is 6.03. The molecule has 0 radical (unpaired) electrons. The van der Waals surface area contributed by atoms with E-state index in [2.05, 4.69) is 0 Å². The third-order valence-corrected chi connectivity index (χ3v) is 3.14. The maximum Gasteiger partial charge on any atom is 0.105 e. The van der Waals surface area contributed by atoms with Crippen LogP contribution in [0.15, 0.2) is 30.3 Å². The number of alkyl halides is 1. The molecular formula is C14H22FN. The molecule has 2 unspecified atom stereocenters. The fourth-order valence-electron chi connectivity index (χ4n) is 2.00. The number of aryl methyl sites for hydroxylation is 1. The van der Waals surface area contributed by atoms with Crippen LogP contribution < -0.4 is 5.73 Å². The fraction of sp³-hybridized carbons (Fsp3) is 0.571. The van der Waals surface area contributed by atoms with Crippen LogP contribution >= 0.6 is 0 Å². The van der Waals surface area contributed by atoms with Crippen LogP contribution in [0.1, 0.15) is 25.8 Å². The molecule has 0 aromatic heterocycles. The number of halogens is 1. The Morgan fingerprint density at radius 3 is 2.31 bits per heavy atom. The van der Waals surface area contributed by atoms with Gasteiger partial charge in [0.15, 0.2) is 0 Å². The maximum atomic E-state index is 13.9. The van der Waals surface area contributed by atoms with Crippen LogP contribution in [0.5, 0.6) is 0 Å². The zero-order valence-electron chi connectivity index (χ0n) is 10.2. The molecule has 0 aliphatic heterocycles. The minimum atomic E-state index is -0.787. The van der Waals surface area contributed by atoms with Gasteiger partial charge in [-0.2, -0.15) is 0 Å². The van der Waals surface area contributed by atoms with E-state index in [1.165, 1.54) is 5.56 Å². The predicted molar refractivity (Wildman–Crippen MR) is 67.0 cm³/mol. The molecule has 1 aromatic rings. The molecule has 90 valence electrons. The number of hydrogen-bond acceptors (Lipinski definition) is 1. The molecule has 0 amide bonds. The van der Waals surface area contributed by atoms with Gasteiger partial charge >= 0.3 is 0 Å². The lowest BCUT2D eigenvalue weighted by molar-refractivity contribution is 0.176.